The Morgan fingerprint density at radius 3 is 2.43 bits per heavy atom. The van der Waals surface area contributed by atoms with Gasteiger partial charge in [0.25, 0.3) is 5.91 Å². The number of likely N-dealkylation sites (tertiary alicyclic amines) is 1. The van der Waals surface area contributed by atoms with Gasteiger partial charge in [0.05, 0.1) is 0 Å². The van der Waals surface area contributed by atoms with E-state index >= 15 is 0 Å². The van der Waals surface area contributed by atoms with Crippen molar-refractivity contribution in [1.82, 2.24) is 14.8 Å². The summed E-state index contributed by atoms with van der Waals surface area (Å²) in [6, 6.07) is 12.7. The summed E-state index contributed by atoms with van der Waals surface area (Å²) in [6.07, 6.45) is 5.90. The fourth-order valence-corrected chi connectivity index (χ4v) is 3.95. The lowest BCUT2D eigenvalue weighted by Gasteiger charge is -2.39. The van der Waals surface area contributed by atoms with Crippen LogP contribution in [0.2, 0.25) is 0 Å². The van der Waals surface area contributed by atoms with Crippen LogP contribution < -0.4 is 0 Å². The highest BCUT2D eigenvalue weighted by molar-refractivity contribution is 5.94. The minimum atomic E-state index is 0.104. The molecule has 0 saturated carbocycles. The molecule has 1 aliphatic rings. The lowest BCUT2D eigenvalue weighted by Crippen LogP contribution is -2.49. The third-order valence-electron chi connectivity index (χ3n) is 5.74. The van der Waals surface area contributed by atoms with Gasteiger partial charge < -0.3 is 4.90 Å². The zero-order valence-electron chi connectivity index (χ0n) is 17.7. The second-order valence-corrected chi connectivity index (χ2v) is 8.79. The van der Waals surface area contributed by atoms with Crippen LogP contribution in [0.4, 0.5) is 0 Å². The number of piperidine rings is 1. The number of pyridine rings is 1. The standard InChI is InChI=1S/C24H33N3O/c1-5-26(17-19-12-14-25-15-13-19)22-7-6-16-27(18-22)23(28)20-8-10-21(11-9-20)24(2,3)4/h8-15,22H,5-7,16-18H2,1-4H3. The molecule has 3 rings (SSSR count). The third kappa shape index (κ3) is 4.99. The molecule has 2 heterocycles. The zero-order valence-corrected chi connectivity index (χ0v) is 17.7. The normalized spacial score (nSPS) is 17.8. The van der Waals surface area contributed by atoms with Crippen molar-refractivity contribution in [2.24, 2.45) is 0 Å². The number of amides is 1. The van der Waals surface area contributed by atoms with Crippen LogP contribution in [0.1, 0.15) is 62.0 Å². The molecule has 0 bridgehead atoms. The first kappa shape index (κ1) is 20.5. The van der Waals surface area contributed by atoms with E-state index in [1.165, 1.54) is 11.1 Å². The Morgan fingerprint density at radius 1 is 1.14 bits per heavy atom. The van der Waals surface area contributed by atoms with Crippen LogP contribution in [0.3, 0.4) is 0 Å². The summed E-state index contributed by atoms with van der Waals surface area (Å²) in [5.41, 5.74) is 3.44. The molecule has 0 aliphatic carbocycles. The first-order valence-corrected chi connectivity index (χ1v) is 10.4. The second kappa shape index (κ2) is 8.87. The maximum atomic E-state index is 13.1. The highest BCUT2D eigenvalue weighted by Gasteiger charge is 2.28. The topological polar surface area (TPSA) is 36.4 Å². The van der Waals surface area contributed by atoms with Crippen molar-refractivity contribution in [3.63, 3.8) is 0 Å². The lowest BCUT2D eigenvalue weighted by atomic mass is 9.86. The Kier molecular flexibility index (Phi) is 6.50. The fourth-order valence-electron chi connectivity index (χ4n) is 3.95. The number of carbonyl (C=O) groups excluding carboxylic acids is 1. The summed E-state index contributed by atoms with van der Waals surface area (Å²) < 4.78 is 0. The molecule has 1 aliphatic heterocycles. The van der Waals surface area contributed by atoms with Crippen LogP contribution in [-0.2, 0) is 12.0 Å². The molecule has 150 valence electrons. The van der Waals surface area contributed by atoms with Gasteiger partial charge in [0.2, 0.25) is 0 Å². The molecule has 1 aromatic heterocycles. The molecule has 1 amide bonds. The van der Waals surface area contributed by atoms with Gasteiger partial charge in [-0.3, -0.25) is 14.7 Å². The van der Waals surface area contributed by atoms with Gasteiger partial charge in [-0.05, 0) is 60.2 Å². The smallest absolute Gasteiger partial charge is 0.253 e. The fraction of sp³-hybridized carbons (Fsp3) is 0.500. The van der Waals surface area contributed by atoms with E-state index in [-0.39, 0.29) is 11.3 Å². The van der Waals surface area contributed by atoms with Gasteiger partial charge in [-0.15, -0.1) is 0 Å². The number of rotatable bonds is 5. The van der Waals surface area contributed by atoms with Gasteiger partial charge >= 0.3 is 0 Å². The number of hydrogen-bond acceptors (Lipinski definition) is 3. The molecule has 28 heavy (non-hydrogen) atoms. The predicted octanol–water partition coefficient (Wildman–Crippen LogP) is 4.51. The molecule has 0 N–H and O–H groups in total. The molecule has 1 saturated heterocycles. The van der Waals surface area contributed by atoms with Crippen molar-refractivity contribution in [1.29, 1.82) is 0 Å². The maximum Gasteiger partial charge on any atom is 0.253 e. The molecule has 4 nitrogen and oxygen atoms in total. The van der Waals surface area contributed by atoms with Crippen LogP contribution in [-0.4, -0.2) is 46.4 Å². The third-order valence-corrected chi connectivity index (χ3v) is 5.74. The summed E-state index contributed by atoms with van der Waals surface area (Å²) in [5.74, 6) is 0.158. The molecule has 0 spiro atoms. The largest absolute Gasteiger partial charge is 0.337 e. The van der Waals surface area contributed by atoms with E-state index < -0.39 is 0 Å². The summed E-state index contributed by atoms with van der Waals surface area (Å²) in [5, 5.41) is 0. The average Bonchev–Trinajstić information content (AvgIpc) is 2.72. The number of nitrogens with zero attached hydrogens (tertiary/aromatic N) is 3. The number of hydrogen-bond donors (Lipinski definition) is 0. The van der Waals surface area contributed by atoms with E-state index in [0.29, 0.717) is 6.04 Å². The monoisotopic (exact) mass is 379 g/mol. The Hall–Kier alpha value is -2.20. The Morgan fingerprint density at radius 2 is 1.82 bits per heavy atom. The summed E-state index contributed by atoms with van der Waals surface area (Å²) in [4.78, 5) is 21.7. The van der Waals surface area contributed by atoms with Gasteiger partial charge in [-0.2, -0.15) is 0 Å². The average molecular weight is 380 g/mol. The van der Waals surface area contributed by atoms with Crippen molar-refractivity contribution in [3.8, 4) is 0 Å². The van der Waals surface area contributed by atoms with E-state index in [1.807, 2.05) is 29.4 Å². The number of benzene rings is 1. The van der Waals surface area contributed by atoms with Crippen LogP contribution in [0.25, 0.3) is 0 Å². The number of aromatic nitrogens is 1. The van der Waals surface area contributed by atoms with Gasteiger partial charge in [0.15, 0.2) is 0 Å². The Balaban J connectivity index is 1.67. The quantitative estimate of drug-likeness (QED) is 0.767. The molecule has 1 unspecified atom stereocenters. The van der Waals surface area contributed by atoms with Crippen molar-refractivity contribution < 1.29 is 4.79 Å². The first-order chi connectivity index (χ1) is 13.4. The van der Waals surface area contributed by atoms with Gasteiger partial charge in [-0.1, -0.05) is 39.8 Å². The van der Waals surface area contributed by atoms with Gasteiger partial charge in [0.1, 0.15) is 0 Å². The SMILES string of the molecule is CCN(Cc1ccncc1)C1CCCN(C(=O)c2ccc(C(C)(C)C)cc2)C1. The van der Waals surface area contributed by atoms with E-state index in [9.17, 15) is 4.79 Å². The van der Waals surface area contributed by atoms with E-state index in [4.69, 9.17) is 0 Å². The van der Waals surface area contributed by atoms with Gasteiger partial charge in [0, 0.05) is 43.6 Å². The van der Waals surface area contributed by atoms with Crippen molar-refractivity contribution in [2.75, 3.05) is 19.6 Å². The molecule has 1 fully saturated rings. The van der Waals surface area contributed by atoms with Gasteiger partial charge in [-0.25, -0.2) is 0 Å². The molecule has 1 atom stereocenters. The number of likely N-dealkylation sites (N-methyl/N-ethyl adjacent to an activating group) is 1. The van der Waals surface area contributed by atoms with Crippen molar-refractivity contribution >= 4 is 5.91 Å². The number of carbonyl (C=O) groups is 1. The van der Waals surface area contributed by atoms with Crippen LogP contribution in [0.15, 0.2) is 48.8 Å². The Labute approximate surface area is 169 Å². The van der Waals surface area contributed by atoms with E-state index in [1.54, 1.807) is 0 Å². The van der Waals surface area contributed by atoms with Crippen LogP contribution in [0, 0.1) is 0 Å². The van der Waals surface area contributed by atoms with Crippen LogP contribution >= 0.6 is 0 Å². The molecule has 4 heteroatoms. The van der Waals surface area contributed by atoms with E-state index in [2.05, 4.69) is 61.8 Å². The highest BCUT2D eigenvalue weighted by atomic mass is 16.2. The summed E-state index contributed by atoms with van der Waals surface area (Å²) in [6.45, 7) is 12.3. The van der Waals surface area contributed by atoms with Crippen molar-refractivity contribution in [3.05, 3.63) is 65.5 Å². The molecule has 0 radical (unpaired) electrons. The molecule has 1 aromatic carbocycles. The predicted molar refractivity (Wildman–Crippen MR) is 114 cm³/mol. The highest BCUT2D eigenvalue weighted by Crippen LogP contribution is 2.24. The van der Waals surface area contributed by atoms with E-state index in [0.717, 1.165) is 44.6 Å². The Bertz CT molecular complexity index is 765. The first-order valence-electron chi connectivity index (χ1n) is 10.4. The minimum Gasteiger partial charge on any atom is -0.337 e. The second-order valence-electron chi connectivity index (χ2n) is 8.79. The lowest BCUT2D eigenvalue weighted by molar-refractivity contribution is 0.0569. The summed E-state index contributed by atoms with van der Waals surface area (Å²) >= 11 is 0. The molecule has 2 aromatic rings. The molecular weight excluding hydrogens is 346 g/mol. The minimum absolute atomic E-state index is 0.104. The maximum absolute atomic E-state index is 13.1. The summed E-state index contributed by atoms with van der Waals surface area (Å²) in [7, 11) is 0. The van der Waals surface area contributed by atoms with Crippen molar-refractivity contribution in [2.45, 2.75) is 58.5 Å². The zero-order chi connectivity index (χ0) is 20.1. The van der Waals surface area contributed by atoms with Crippen LogP contribution in [0.5, 0.6) is 0 Å². The molecular formula is C24H33N3O.